The van der Waals surface area contributed by atoms with E-state index in [-0.39, 0.29) is 49.4 Å². The molecule has 2 heterocycles. The van der Waals surface area contributed by atoms with E-state index in [1.807, 2.05) is 6.92 Å². The van der Waals surface area contributed by atoms with Crippen LogP contribution in [0.15, 0.2) is 48.8 Å². The summed E-state index contributed by atoms with van der Waals surface area (Å²) in [7, 11) is 1.61. The zero-order valence-electron chi connectivity index (χ0n) is 22.3. The van der Waals surface area contributed by atoms with Crippen molar-refractivity contribution in [3.05, 3.63) is 60.2 Å². The van der Waals surface area contributed by atoms with Crippen molar-refractivity contribution in [1.82, 2.24) is 30.0 Å². The quantitative estimate of drug-likeness (QED) is 0.381. The van der Waals surface area contributed by atoms with Crippen molar-refractivity contribution in [3.63, 3.8) is 0 Å². The van der Waals surface area contributed by atoms with Crippen LogP contribution >= 0.6 is 0 Å². The Morgan fingerprint density at radius 1 is 1.20 bits per heavy atom. The maximum Gasteiger partial charge on any atom is 0.321 e. The second-order valence-corrected chi connectivity index (χ2v) is 9.71. The fraction of sp³-hybridized carbons (Fsp3) is 0.385. The van der Waals surface area contributed by atoms with Crippen LogP contribution in [0.3, 0.4) is 0 Å². The van der Waals surface area contributed by atoms with Crippen LogP contribution in [0.2, 0.25) is 0 Å². The van der Waals surface area contributed by atoms with Crippen LogP contribution in [-0.2, 0) is 11.3 Å². The Balaban J connectivity index is 1.55. The Kier molecular flexibility index (Phi) is 8.89. The van der Waals surface area contributed by atoms with E-state index in [2.05, 4.69) is 26.2 Å². The molecule has 1 aliphatic heterocycles. The maximum atomic E-state index is 13.6. The van der Waals surface area contributed by atoms with Crippen LogP contribution in [0.4, 0.5) is 20.6 Å². The molecule has 0 radical (unpaired) electrons. The molecule has 0 saturated carbocycles. The molecule has 14 heteroatoms. The second kappa shape index (κ2) is 12.5. The Morgan fingerprint density at radius 2 is 1.93 bits per heavy atom. The predicted molar refractivity (Wildman–Crippen MR) is 142 cm³/mol. The molecule has 13 nitrogen and oxygen atoms in total. The van der Waals surface area contributed by atoms with Crippen molar-refractivity contribution in [3.8, 4) is 5.75 Å². The van der Waals surface area contributed by atoms with Gasteiger partial charge in [0.05, 0.1) is 24.8 Å². The second-order valence-electron chi connectivity index (χ2n) is 9.71. The Labute approximate surface area is 229 Å². The molecular formula is C26H31FN8O5. The lowest BCUT2D eigenvalue weighted by molar-refractivity contribution is -0.116. The number of halogens is 1. The topological polar surface area (TPSA) is 155 Å². The third-order valence-electron chi connectivity index (χ3n) is 6.54. The number of tetrazole rings is 1. The molecule has 4 rings (SSSR count). The van der Waals surface area contributed by atoms with Gasteiger partial charge in [-0.3, -0.25) is 9.59 Å². The molecule has 2 aromatic carbocycles. The molecule has 0 bridgehead atoms. The number of rotatable bonds is 8. The van der Waals surface area contributed by atoms with Crippen molar-refractivity contribution in [2.45, 2.75) is 32.5 Å². The lowest BCUT2D eigenvalue weighted by Crippen LogP contribution is -2.50. The molecule has 3 atom stereocenters. The van der Waals surface area contributed by atoms with E-state index in [1.54, 1.807) is 31.0 Å². The van der Waals surface area contributed by atoms with Gasteiger partial charge in [-0.1, -0.05) is 6.92 Å². The number of hydrogen-bond acceptors (Lipinski definition) is 8. The van der Waals surface area contributed by atoms with Gasteiger partial charge in [-0.25, -0.2) is 13.9 Å². The molecule has 1 aliphatic rings. The van der Waals surface area contributed by atoms with Gasteiger partial charge >= 0.3 is 6.03 Å². The van der Waals surface area contributed by atoms with Gasteiger partial charge < -0.3 is 30.3 Å². The van der Waals surface area contributed by atoms with E-state index in [0.29, 0.717) is 11.4 Å². The number of likely N-dealkylation sites (N-methyl/N-ethyl adjacent to an activating group) is 1. The van der Waals surface area contributed by atoms with E-state index in [4.69, 9.17) is 4.74 Å². The highest BCUT2D eigenvalue weighted by molar-refractivity contribution is 6.00. The molecule has 1 aromatic heterocycles. The number of aromatic nitrogens is 4. The molecule has 3 N–H and O–H groups in total. The average molecular weight is 555 g/mol. The number of aliphatic hydroxyl groups is 1. The number of hydrogen-bond donors (Lipinski definition) is 3. The molecule has 0 saturated heterocycles. The minimum Gasteiger partial charge on any atom is -0.487 e. The maximum absolute atomic E-state index is 13.6. The number of nitrogens with one attached hydrogen (secondary N) is 2. The molecule has 3 aromatic rings. The zero-order chi connectivity index (χ0) is 28.8. The van der Waals surface area contributed by atoms with Gasteiger partial charge in [0.25, 0.3) is 5.91 Å². The van der Waals surface area contributed by atoms with Gasteiger partial charge in [-0.05, 0) is 59.8 Å². The highest BCUT2D eigenvalue weighted by Gasteiger charge is 2.34. The van der Waals surface area contributed by atoms with Crippen LogP contribution in [0, 0.1) is 11.7 Å². The van der Waals surface area contributed by atoms with E-state index in [0.717, 1.165) is 0 Å². The van der Waals surface area contributed by atoms with E-state index < -0.39 is 29.9 Å². The van der Waals surface area contributed by atoms with Crippen LogP contribution < -0.4 is 15.4 Å². The molecular weight excluding hydrogens is 523 g/mol. The highest BCUT2D eigenvalue weighted by Crippen LogP contribution is 2.30. The summed E-state index contributed by atoms with van der Waals surface area (Å²) in [5, 5.41) is 25.9. The van der Waals surface area contributed by atoms with Crippen LogP contribution in [0.25, 0.3) is 0 Å². The first-order valence-electron chi connectivity index (χ1n) is 12.7. The summed E-state index contributed by atoms with van der Waals surface area (Å²) in [5.74, 6) is -1.10. The minimum absolute atomic E-state index is 0.117. The normalized spacial score (nSPS) is 17.6. The summed E-state index contributed by atoms with van der Waals surface area (Å²) in [5.41, 5.74) is 1.01. The van der Waals surface area contributed by atoms with E-state index >= 15 is 0 Å². The number of nitrogens with zero attached hydrogens (tertiary/aromatic N) is 6. The SMILES string of the molecule is C[C@@H]1CN([C@@H](C)CO)C(=O)c2cc(NC(=O)Cn3cnnn3)ccc2O[C@H]1CN(C)C(=O)Nc1ccc(F)cc1. The highest BCUT2D eigenvalue weighted by atomic mass is 19.1. The van der Waals surface area contributed by atoms with E-state index in [9.17, 15) is 23.9 Å². The number of anilines is 2. The minimum atomic E-state index is -0.524. The summed E-state index contributed by atoms with van der Waals surface area (Å²) in [6.45, 7) is 3.71. The van der Waals surface area contributed by atoms with Gasteiger partial charge in [0.1, 0.15) is 30.5 Å². The van der Waals surface area contributed by atoms with Gasteiger partial charge in [-0.2, -0.15) is 0 Å². The van der Waals surface area contributed by atoms with E-state index in [1.165, 1.54) is 46.2 Å². The Bertz CT molecular complexity index is 1340. The largest absolute Gasteiger partial charge is 0.487 e. The lowest BCUT2D eigenvalue weighted by Gasteiger charge is -2.38. The smallest absolute Gasteiger partial charge is 0.321 e. The molecule has 4 amide bonds. The van der Waals surface area contributed by atoms with Gasteiger partial charge in [0.15, 0.2) is 0 Å². The molecule has 0 unspecified atom stereocenters. The number of amides is 4. The zero-order valence-corrected chi connectivity index (χ0v) is 22.3. The summed E-state index contributed by atoms with van der Waals surface area (Å²) < 4.78 is 20.8. The number of carbonyl (C=O) groups excluding carboxylic acids is 3. The molecule has 0 fully saturated rings. The first-order valence-corrected chi connectivity index (χ1v) is 12.7. The van der Waals surface area contributed by atoms with Gasteiger partial charge in [0.2, 0.25) is 5.91 Å². The first kappa shape index (κ1) is 28.4. The Morgan fingerprint density at radius 3 is 2.60 bits per heavy atom. The number of benzene rings is 2. The van der Waals surface area contributed by atoms with Crippen molar-refractivity contribution in [1.29, 1.82) is 0 Å². The third-order valence-corrected chi connectivity index (χ3v) is 6.54. The Hall–Kier alpha value is -4.59. The van der Waals surface area contributed by atoms with Crippen molar-refractivity contribution in [2.75, 3.05) is 37.4 Å². The van der Waals surface area contributed by atoms with Crippen LogP contribution in [0.1, 0.15) is 24.2 Å². The molecule has 212 valence electrons. The standard InChI is InChI=1S/C26H31FN8O5/c1-16-11-35(17(2)14-36)25(38)21-10-20(29-24(37)13-34-15-28-31-32-34)8-9-22(21)40-23(16)12-33(3)26(39)30-19-6-4-18(27)5-7-19/h4-10,15-17,23,36H,11-14H2,1-3H3,(H,29,37)(H,30,39)/t16-,17+,23+/m1/s1. The van der Waals surface area contributed by atoms with Gasteiger partial charge in [0, 0.05) is 30.9 Å². The lowest BCUT2D eigenvalue weighted by atomic mass is 9.99. The summed E-state index contributed by atoms with van der Waals surface area (Å²) in [6.07, 6.45) is 0.786. The summed E-state index contributed by atoms with van der Waals surface area (Å²) in [6, 6.07) is 9.25. The van der Waals surface area contributed by atoms with Gasteiger partial charge in [-0.15, -0.1) is 5.10 Å². The van der Waals surface area contributed by atoms with Crippen molar-refractivity contribution in [2.24, 2.45) is 5.92 Å². The molecule has 0 aliphatic carbocycles. The third kappa shape index (κ3) is 6.88. The number of fused-ring (bicyclic) bond motifs is 1. The summed E-state index contributed by atoms with van der Waals surface area (Å²) >= 11 is 0. The molecule has 0 spiro atoms. The number of urea groups is 1. The fourth-order valence-electron chi connectivity index (χ4n) is 4.22. The van der Waals surface area contributed by atoms with Crippen LogP contribution in [-0.4, -0.2) is 91.8 Å². The molecule has 40 heavy (non-hydrogen) atoms. The monoisotopic (exact) mass is 554 g/mol. The first-order chi connectivity index (χ1) is 19.1. The number of carbonyl (C=O) groups is 3. The number of ether oxygens (including phenoxy) is 1. The van der Waals surface area contributed by atoms with Crippen molar-refractivity contribution >= 4 is 29.2 Å². The summed E-state index contributed by atoms with van der Waals surface area (Å²) in [4.78, 5) is 41.9. The van der Waals surface area contributed by atoms with Crippen molar-refractivity contribution < 1.29 is 28.6 Å². The fourth-order valence-corrected chi connectivity index (χ4v) is 4.22. The predicted octanol–water partition coefficient (Wildman–Crippen LogP) is 1.83. The number of aliphatic hydroxyl groups excluding tert-OH is 1. The van der Waals surface area contributed by atoms with Crippen LogP contribution in [0.5, 0.6) is 5.75 Å². The average Bonchev–Trinajstić information content (AvgIpc) is 3.44.